The molecule has 0 amide bonds. The van der Waals surface area contributed by atoms with Crippen LogP contribution in [0.4, 0.5) is 13.2 Å². The molecule has 0 bridgehead atoms. The standard InChI is InChI=1S/C14H16F3N3O2S/c1-9(4-10-2-3-23-7-10)18-5-11-6-20(8-14(15,16)17)13(22)19-12(11)21/h2-3,6-7,9,18H,4-5,8H2,1H3,(H,19,21,22). The van der Waals surface area contributed by atoms with E-state index in [0.717, 1.165) is 18.2 Å². The summed E-state index contributed by atoms with van der Waals surface area (Å²) in [5, 5.41) is 7.04. The second-order valence-corrected chi connectivity index (χ2v) is 6.05. The summed E-state index contributed by atoms with van der Waals surface area (Å²) in [6.45, 7) is 0.566. The van der Waals surface area contributed by atoms with E-state index in [-0.39, 0.29) is 18.2 Å². The molecule has 0 aliphatic heterocycles. The lowest BCUT2D eigenvalue weighted by Gasteiger charge is -2.14. The normalized spacial score (nSPS) is 13.2. The maximum absolute atomic E-state index is 12.4. The molecule has 1 atom stereocenters. The minimum absolute atomic E-state index is 0.0343. The Balaban J connectivity index is 2.05. The largest absolute Gasteiger partial charge is 0.406 e. The predicted molar refractivity (Wildman–Crippen MR) is 81.7 cm³/mol. The molecule has 2 rings (SSSR count). The van der Waals surface area contributed by atoms with E-state index in [1.807, 2.05) is 28.7 Å². The summed E-state index contributed by atoms with van der Waals surface area (Å²) in [5.41, 5.74) is -0.511. The molecule has 23 heavy (non-hydrogen) atoms. The van der Waals surface area contributed by atoms with Gasteiger partial charge in [-0.1, -0.05) is 0 Å². The van der Waals surface area contributed by atoms with Crippen molar-refractivity contribution in [2.75, 3.05) is 0 Å². The molecule has 0 radical (unpaired) electrons. The topological polar surface area (TPSA) is 66.9 Å². The first-order valence-electron chi connectivity index (χ1n) is 6.88. The summed E-state index contributed by atoms with van der Waals surface area (Å²) in [5.74, 6) is 0. The van der Waals surface area contributed by atoms with Crippen LogP contribution in [0.5, 0.6) is 0 Å². The molecule has 0 saturated carbocycles. The summed E-state index contributed by atoms with van der Waals surface area (Å²) < 4.78 is 37.7. The second kappa shape index (κ2) is 7.14. The van der Waals surface area contributed by atoms with Crippen LogP contribution in [0, 0.1) is 0 Å². The minimum Gasteiger partial charge on any atom is -0.310 e. The van der Waals surface area contributed by atoms with E-state index in [2.05, 4.69) is 5.32 Å². The molecule has 9 heteroatoms. The predicted octanol–water partition coefficient (Wildman–Crippen LogP) is 1.88. The Kier molecular flexibility index (Phi) is 5.42. The third-order valence-electron chi connectivity index (χ3n) is 3.20. The molecule has 0 fully saturated rings. The number of hydrogen-bond acceptors (Lipinski definition) is 4. The molecule has 2 N–H and O–H groups in total. The van der Waals surface area contributed by atoms with Gasteiger partial charge in [0.2, 0.25) is 0 Å². The van der Waals surface area contributed by atoms with Crippen LogP contribution in [-0.4, -0.2) is 21.8 Å². The average Bonchev–Trinajstić information content (AvgIpc) is 2.92. The fraction of sp³-hybridized carbons (Fsp3) is 0.429. The van der Waals surface area contributed by atoms with Gasteiger partial charge < -0.3 is 5.32 Å². The number of alkyl halides is 3. The number of nitrogens with one attached hydrogen (secondary N) is 2. The maximum atomic E-state index is 12.4. The maximum Gasteiger partial charge on any atom is 0.406 e. The summed E-state index contributed by atoms with van der Waals surface area (Å²) in [6, 6.07) is 2.02. The van der Waals surface area contributed by atoms with Crippen molar-refractivity contribution in [2.24, 2.45) is 0 Å². The Labute approximate surface area is 133 Å². The van der Waals surface area contributed by atoms with E-state index in [4.69, 9.17) is 0 Å². The fourth-order valence-corrected chi connectivity index (χ4v) is 2.79. The van der Waals surface area contributed by atoms with Crippen molar-refractivity contribution < 1.29 is 13.2 Å². The van der Waals surface area contributed by atoms with Gasteiger partial charge in [-0.25, -0.2) is 4.79 Å². The van der Waals surface area contributed by atoms with Gasteiger partial charge in [0.25, 0.3) is 5.56 Å². The van der Waals surface area contributed by atoms with Crippen molar-refractivity contribution in [3.05, 3.63) is 55.0 Å². The van der Waals surface area contributed by atoms with Crippen LogP contribution in [0.2, 0.25) is 0 Å². The van der Waals surface area contributed by atoms with Crippen molar-refractivity contribution in [1.29, 1.82) is 0 Å². The summed E-state index contributed by atoms with van der Waals surface area (Å²) in [4.78, 5) is 25.0. The molecular formula is C14H16F3N3O2S. The number of thiophene rings is 1. The van der Waals surface area contributed by atoms with E-state index in [1.54, 1.807) is 11.3 Å². The van der Waals surface area contributed by atoms with Gasteiger partial charge in [0.05, 0.1) is 0 Å². The fourth-order valence-electron chi connectivity index (χ4n) is 2.11. The molecule has 0 aliphatic rings. The molecule has 2 aromatic heterocycles. The van der Waals surface area contributed by atoms with Gasteiger partial charge in [0.1, 0.15) is 6.54 Å². The van der Waals surface area contributed by atoms with Crippen LogP contribution in [0.15, 0.2) is 32.6 Å². The zero-order chi connectivity index (χ0) is 17.0. The van der Waals surface area contributed by atoms with Crippen LogP contribution < -0.4 is 16.6 Å². The van der Waals surface area contributed by atoms with E-state index in [0.29, 0.717) is 4.57 Å². The summed E-state index contributed by atoms with van der Waals surface area (Å²) in [6.07, 6.45) is -2.83. The highest BCUT2D eigenvalue weighted by Crippen LogP contribution is 2.16. The van der Waals surface area contributed by atoms with Crippen LogP contribution in [-0.2, 0) is 19.5 Å². The zero-order valence-corrected chi connectivity index (χ0v) is 13.1. The van der Waals surface area contributed by atoms with Crippen LogP contribution in [0.25, 0.3) is 0 Å². The average molecular weight is 347 g/mol. The van der Waals surface area contributed by atoms with Gasteiger partial charge in [0.15, 0.2) is 0 Å². The van der Waals surface area contributed by atoms with Gasteiger partial charge in [-0.15, -0.1) is 0 Å². The van der Waals surface area contributed by atoms with Crippen molar-refractivity contribution in [3.63, 3.8) is 0 Å². The molecule has 5 nitrogen and oxygen atoms in total. The van der Waals surface area contributed by atoms with Crippen LogP contribution in [0.3, 0.4) is 0 Å². The Bertz CT molecular complexity index is 750. The van der Waals surface area contributed by atoms with Crippen molar-refractivity contribution >= 4 is 11.3 Å². The highest BCUT2D eigenvalue weighted by Gasteiger charge is 2.28. The first kappa shape index (κ1) is 17.5. The molecule has 2 aromatic rings. The number of aromatic amines is 1. The first-order valence-corrected chi connectivity index (χ1v) is 7.83. The molecule has 2 heterocycles. The number of H-pyrrole nitrogens is 1. The molecule has 0 spiro atoms. The number of rotatable bonds is 6. The summed E-state index contributed by atoms with van der Waals surface area (Å²) in [7, 11) is 0. The lowest BCUT2D eigenvalue weighted by atomic mass is 10.1. The zero-order valence-electron chi connectivity index (χ0n) is 12.3. The minimum atomic E-state index is -4.53. The molecule has 0 aliphatic carbocycles. The van der Waals surface area contributed by atoms with E-state index < -0.39 is 24.0 Å². The number of aromatic nitrogens is 2. The van der Waals surface area contributed by atoms with Gasteiger partial charge >= 0.3 is 11.9 Å². The van der Waals surface area contributed by atoms with Gasteiger partial charge in [-0.2, -0.15) is 24.5 Å². The number of nitrogens with zero attached hydrogens (tertiary/aromatic N) is 1. The monoisotopic (exact) mass is 347 g/mol. The molecule has 1 unspecified atom stereocenters. The molecule has 126 valence electrons. The van der Waals surface area contributed by atoms with Crippen LogP contribution >= 0.6 is 11.3 Å². The second-order valence-electron chi connectivity index (χ2n) is 5.27. The SMILES string of the molecule is CC(Cc1ccsc1)NCc1cn(CC(F)(F)F)c(=O)[nH]c1=O. The molecule has 0 aromatic carbocycles. The van der Waals surface area contributed by atoms with E-state index >= 15 is 0 Å². The molecule has 0 saturated heterocycles. The lowest BCUT2D eigenvalue weighted by molar-refractivity contribution is -0.141. The third-order valence-corrected chi connectivity index (χ3v) is 3.93. The smallest absolute Gasteiger partial charge is 0.310 e. The molecular weight excluding hydrogens is 331 g/mol. The lowest BCUT2D eigenvalue weighted by Crippen LogP contribution is -2.37. The van der Waals surface area contributed by atoms with Gasteiger partial charge in [0, 0.05) is 24.3 Å². The number of halogens is 3. The highest BCUT2D eigenvalue weighted by molar-refractivity contribution is 7.07. The van der Waals surface area contributed by atoms with Crippen LogP contribution in [0.1, 0.15) is 18.1 Å². The highest BCUT2D eigenvalue weighted by atomic mass is 32.1. The summed E-state index contributed by atoms with van der Waals surface area (Å²) >= 11 is 1.58. The number of hydrogen-bond donors (Lipinski definition) is 2. The quantitative estimate of drug-likeness (QED) is 0.839. The Morgan fingerprint density at radius 1 is 1.39 bits per heavy atom. The van der Waals surface area contributed by atoms with Gasteiger partial charge in [-0.05, 0) is 35.7 Å². The van der Waals surface area contributed by atoms with Crippen molar-refractivity contribution in [1.82, 2.24) is 14.9 Å². The van der Waals surface area contributed by atoms with Gasteiger partial charge in [-0.3, -0.25) is 14.3 Å². The Morgan fingerprint density at radius 2 is 2.13 bits per heavy atom. The van der Waals surface area contributed by atoms with Crippen molar-refractivity contribution in [3.8, 4) is 0 Å². The van der Waals surface area contributed by atoms with Crippen molar-refractivity contribution in [2.45, 2.75) is 38.7 Å². The van der Waals surface area contributed by atoms with E-state index in [9.17, 15) is 22.8 Å². The van der Waals surface area contributed by atoms with E-state index in [1.165, 1.54) is 0 Å². The first-order chi connectivity index (χ1) is 10.7. The Morgan fingerprint density at radius 3 is 2.74 bits per heavy atom. The third kappa shape index (κ3) is 5.36. The Hall–Kier alpha value is -1.87.